The summed E-state index contributed by atoms with van der Waals surface area (Å²) < 4.78 is 11.3. The van der Waals surface area contributed by atoms with Crippen LogP contribution in [0.4, 0.5) is 0 Å². The van der Waals surface area contributed by atoms with Gasteiger partial charge in [0.25, 0.3) is 0 Å². The van der Waals surface area contributed by atoms with Gasteiger partial charge in [-0.05, 0) is 32.4 Å². The zero-order valence-corrected chi connectivity index (χ0v) is 11.8. The summed E-state index contributed by atoms with van der Waals surface area (Å²) in [5.74, 6) is 1.84. The SMILES string of the molecule is COc1cc2c(cc1C(CCO)C(C)N)OC(C)C2. The summed E-state index contributed by atoms with van der Waals surface area (Å²) in [5.41, 5.74) is 8.25. The number of ether oxygens (including phenoxy) is 2. The van der Waals surface area contributed by atoms with Crippen LogP contribution in [0.1, 0.15) is 37.3 Å². The Balaban J connectivity index is 2.41. The van der Waals surface area contributed by atoms with Gasteiger partial charge < -0.3 is 20.3 Å². The van der Waals surface area contributed by atoms with Crippen LogP contribution in [-0.2, 0) is 6.42 Å². The van der Waals surface area contributed by atoms with Crippen LogP contribution >= 0.6 is 0 Å². The van der Waals surface area contributed by atoms with Crippen molar-refractivity contribution in [2.24, 2.45) is 5.73 Å². The van der Waals surface area contributed by atoms with Crippen molar-refractivity contribution in [1.29, 1.82) is 0 Å². The van der Waals surface area contributed by atoms with Crippen LogP contribution in [0.3, 0.4) is 0 Å². The summed E-state index contributed by atoms with van der Waals surface area (Å²) in [6, 6.07) is 4.03. The average Bonchev–Trinajstić information content (AvgIpc) is 2.73. The van der Waals surface area contributed by atoms with Gasteiger partial charge in [0.05, 0.1) is 7.11 Å². The zero-order chi connectivity index (χ0) is 14.0. The normalized spacial score (nSPS) is 20.6. The summed E-state index contributed by atoms with van der Waals surface area (Å²) in [6.45, 7) is 4.13. The van der Waals surface area contributed by atoms with E-state index >= 15 is 0 Å². The summed E-state index contributed by atoms with van der Waals surface area (Å²) >= 11 is 0. The molecular formula is C15H23NO3. The van der Waals surface area contributed by atoms with E-state index in [0.29, 0.717) is 6.42 Å². The van der Waals surface area contributed by atoms with E-state index in [0.717, 1.165) is 23.5 Å². The molecule has 0 aromatic heterocycles. The van der Waals surface area contributed by atoms with Crippen molar-refractivity contribution in [3.8, 4) is 11.5 Å². The summed E-state index contributed by atoms with van der Waals surface area (Å²) in [7, 11) is 1.67. The second-order valence-corrected chi connectivity index (χ2v) is 5.31. The van der Waals surface area contributed by atoms with E-state index in [9.17, 15) is 5.11 Å². The topological polar surface area (TPSA) is 64.7 Å². The fourth-order valence-corrected chi connectivity index (χ4v) is 2.76. The molecule has 0 bridgehead atoms. The van der Waals surface area contributed by atoms with Gasteiger partial charge in [-0.15, -0.1) is 0 Å². The maximum absolute atomic E-state index is 9.22. The highest BCUT2D eigenvalue weighted by Crippen LogP contribution is 2.39. The molecule has 0 amide bonds. The Bertz CT molecular complexity index is 445. The van der Waals surface area contributed by atoms with Crippen molar-refractivity contribution in [2.75, 3.05) is 13.7 Å². The maximum Gasteiger partial charge on any atom is 0.123 e. The Hall–Kier alpha value is -1.26. The number of methoxy groups -OCH3 is 1. The van der Waals surface area contributed by atoms with Crippen LogP contribution in [0.5, 0.6) is 11.5 Å². The second kappa shape index (κ2) is 5.80. The monoisotopic (exact) mass is 265 g/mol. The maximum atomic E-state index is 9.22. The minimum absolute atomic E-state index is 0.0436. The first kappa shape index (κ1) is 14.2. The Labute approximate surface area is 114 Å². The van der Waals surface area contributed by atoms with Crippen molar-refractivity contribution in [2.45, 2.75) is 44.8 Å². The third-order valence-electron chi connectivity index (χ3n) is 3.72. The highest BCUT2D eigenvalue weighted by molar-refractivity contribution is 5.50. The molecule has 1 aliphatic heterocycles. The lowest BCUT2D eigenvalue weighted by Crippen LogP contribution is -2.26. The Morgan fingerprint density at radius 1 is 1.53 bits per heavy atom. The van der Waals surface area contributed by atoms with Gasteiger partial charge in [0.2, 0.25) is 0 Å². The predicted octanol–water partition coefficient (Wildman–Crippen LogP) is 1.83. The molecule has 0 saturated carbocycles. The van der Waals surface area contributed by atoms with Gasteiger partial charge in [-0.3, -0.25) is 0 Å². The van der Waals surface area contributed by atoms with Crippen LogP contribution in [0.25, 0.3) is 0 Å². The molecule has 1 aromatic rings. The number of rotatable bonds is 5. The van der Waals surface area contributed by atoms with Crippen molar-refractivity contribution in [1.82, 2.24) is 0 Å². The Morgan fingerprint density at radius 2 is 2.26 bits per heavy atom. The minimum Gasteiger partial charge on any atom is -0.496 e. The van der Waals surface area contributed by atoms with E-state index < -0.39 is 0 Å². The van der Waals surface area contributed by atoms with Gasteiger partial charge in [0, 0.05) is 36.1 Å². The van der Waals surface area contributed by atoms with Crippen LogP contribution in [0.2, 0.25) is 0 Å². The highest BCUT2D eigenvalue weighted by Gasteiger charge is 2.26. The summed E-state index contributed by atoms with van der Waals surface area (Å²) in [4.78, 5) is 0. The van der Waals surface area contributed by atoms with Crippen molar-refractivity contribution in [3.05, 3.63) is 23.3 Å². The molecule has 0 spiro atoms. The first-order chi connectivity index (χ1) is 9.06. The zero-order valence-electron chi connectivity index (χ0n) is 11.8. The lowest BCUT2D eigenvalue weighted by atomic mass is 9.88. The Morgan fingerprint density at radius 3 is 2.84 bits per heavy atom. The van der Waals surface area contributed by atoms with Crippen molar-refractivity contribution >= 4 is 0 Å². The molecule has 1 aromatic carbocycles. The largest absolute Gasteiger partial charge is 0.496 e. The van der Waals surface area contributed by atoms with Crippen molar-refractivity contribution < 1.29 is 14.6 Å². The van der Waals surface area contributed by atoms with Gasteiger partial charge in [-0.1, -0.05) is 0 Å². The lowest BCUT2D eigenvalue weighted by molar-refractivity contribution is 0.253. The molecule has 106 valence electrons. The average molecular weight is 265 g/mol. The number of hydrogen-bond donors (Lipinski definition) is 2. The van der Waals surface area contributed by atoms with Crippen LogP contribution in [-0.4, -0.2) is 31.0 Å². The molecule has 0 fully saturated rings. The molecule has 1 aliphatic rings. The quantitative estimate of drug-likeness (QED) is 0.852. The van der Waals surface area contributed by atoms with E-state index in [1.807, 2.05) is 19.1 Å². The van der Waals surface area contributed by atoms with Crippen LogP contribution in [0.15, 0.2) is 12.1 Å². The number of fused-ring (bicyclic) bond motifs is 1. The molecule has 4 heteroatoms. The molecule has 0 radical (unpaired) electrons. The third kappa shape index (κ3) is 2.85. The van der Waals surface area contributed by atoms with Gasteiger partial charge in [-0.2, -0.15) is 0 Å². The number of aliphatic hydroxyl groups is 1. The number of benzene rings is 1. The van der Waals surface area contributed by atoms with E-state index in [4.69, 9.17) is 15.2 Å². The molecule has 0 saturated heterocycles. The molecule has 2 rings (SSSR count). The molecule has 0 aliphatic carbocycles. The number of aliphatic hydroxyl groups excluding tert-OH is 1. The van der Waals surface area contributed by atoms with E-state index in [2.05, 4.69) is 6.92 Å². The number of hydrogen-bond acceptors (Lipinski definition) is 4. The number of nitrogens with two attached hydrogens (primary N) is 1. The first-order valence-corrected chi connectivity index (χ1v) is 6.80. The van der Waals surface area contributed by atoms with Gasteiger partial charge in [-0.25, -0.2) is 0 Å². The standard InChI is InChI=1S/C15H23NO3/c1-9-6-11-7-15(18-3)13(8-14(11)19-9)12(4-5-17)10(2)16/h7-10,12,17H,4-6,16H2,1-3H3. The summed E-state index contributed by atoms with van der Waals surface area (Å²) in [6.07, 6.45) is 1.75. The van der Waals surface area contributed by atoms with Crippen LogP contribution < -0.4 is 15.2 Å². The smallest absolute Gasteiger partial charge is 0.123 e. The van der Waals surface area contributed by atoms with Gasteiger partial charge in [0.15, 0.2) is 0 Å². The van der Waals surface area contributed by atoms with E-state index in [1.54, 1.807) is 7.11 Å². The van der Waals surface area contributed by atoms with Gasteiger partial charge >= 0.3 is 0 Å². The predicted molar refractivity (Wildman–Crippen MR) is 74.9 cm³/mol. The third-order valence-corrected chi connectivity index (χ3v) is 3.72. The molecule has 4 nitrogen and oxygen atoms in total. The molecule has 3 N–H and O–H groups in total. The molecule has 1 heterocycles. The fourth-order valence-electron chi connectivity index (χ4n) is 2.76. The first-order valence-electron chi connectivity index (χ1n) is 6.80. The minimum atomic E-state index is -0.0436. The molecule has 3 atom stereocenters. The Kier molecular flexibility index (Phi) is 4.32. The van der Waals surface area contributed by atoms with E-state index in [1.165, 1.54) is 5.56 Å². The fraction of sp³-hybridized carbons (Fsp3) is 0.600. The molecule has 3 unspecified atom stereocenters. The molecular weight excluding hydrogens is 242 g/mol. The molecule has 19 heavy (non-hydrogen) atoms. The van der Waals surface area contributed by atoms with E-state index in [-0.39, 0.29) is 24.7 Å². The van der Waals surface area contributed by atoms with Gasteiger partial charge in [0.1, 0.15) is 17.6 Å². The highest BCUT2D eigenvalue weighted by atomic mass is 16.5. The second-order valence-electron chi connectivity index (χ2n) is 5.31. The lowest BCUT2D eigenvalue weighted by Gasteiger charge is -2.23. The van der Waals surface area contributed by atoms with Crippen molar-refractivity contribution in [3.63, 3.8) is 0 Å². The van der Waals surface area contributed by atoms with Crippen LogP contribution in [0, 0.1) is 0 Å². The summed E-state index contributed by atoms with van der Waals surface area (Å²) in [5, 5.41) is 9.22.